The van der Waals surface area contributed by atoms with Crippen LogP contribution in [0.2, 0.25) is 0 Å². The van der Waals surface area contributed by atoms with E-state index in [0.717, 1.165) is 12.4 Å². The largest absolute Gasteiger partial charge is 0.325 e. The number of hydrogen-bond acceptors (Lipinski definition) is 2. The van der Waals surface area contributed by atoms with E-state index in [0.29, 0.717) is 0 Å². The second-order valence-corrected chi connectivity index (χ2v) is 5.22. The van der Waals surface area contributed by atoms with Crippen LogP contribution in [-0.4, -0.2) is 11.1 Å². The van der Waals surface area contributed by atoms with Crippen molar-refractivity contribution in [3.63, 3.8) is 0 Å². The van der Waals surface area contributed by atoms with Gasteiger partial charge in [-0.3, -0.25) is 0 Å². The summed E-state index contributed by atoms with van der Waals surface area (Å²) in [6.07, 6.45) is 9.34. The Kier molecular flexibility index (Phi) is 2.16. The fourth-order valence-corrected chi connectivity index (χ4v) is 3.13. The van der Waals surface area contributed by atoms with Crippen LogP contribution in [0.4, 0.5) is 0 Å². The minimum atomic E-state index is 0.984. The summed E-state index contributed by atoms with van der Waals surface area (Å²) in [6, 6.07) is 8.63. The van der Waals surface area contributed by atoms with Crippen molar-refractivity contribution in [1.29, 1.82) is 0 Å². The molecule has 90 valence electrons. The highest BCUT2D eigenvalue weighted by molar-refractivity contribution is 5.83. The molecule has 2 heteroatoms. The molecule has 0 unspecified atom stereocenters. The molecule has 0 saturated carbocycles. The van der Waals surface area contributed by atoms with E-state index in [-0.39, 0.29) is 0 Å². The summed E-state index contributed by atoms with van der Waals surface area (Å²) in [5.41, 5.74) is 5.70. The highest BCUT2D eigenvalue weighted by Crippen LogP contribution is 2.37. The van der Waals surface area contributed by atoms with Gasteiger partial charge < -0.3 is 4.90 Å². The Labute approximate surface area is 107 Å². The van der Waals surface area contributed by atoms with Crippen LogP contribution in [0.15, 0.2) is 46.3 Å². The van der Waals surface area contributed by atoms with E-state index < -0.39 is 0 Å². The van der Waals surface area contributed by atoms with E-state index in [9.17, 15) is 0 Å². The molecule has 0 amide bonds. The maximum absolute atomic E-state index is 4.64. The molecule has 3 aliphatic rings. The van der Waals surface area contributed by atoms with Gasteiger partial charge in [0.05, 0.1) is 0 Å². The predicted molar refractivity (Wildman–Crippen MR) is 73.9 cm³/mol. The van der Waals surface area contributed by atoms with Crippen LogP contribution >= 0.6 is 0 Å². The molecule has 2 heterocycles. The molecule has 0 radical (unpaired) electrons. The fraction of sp³-hybridized carbons (Fsp3) is 0.312. The van der Waals surface area contributed by atoms with Gasteiger partial charge in [-0.2, -0.15) is 0 Å². The predicted octanol–water partition coefficient (Wildman–Crippen LogP) is 3.71. The lowest BCUT2D eigenvalue weighted by atomic mass is 9.93. The lowest BCUT2D eigenvalue weighted by Crippen LogP contribution is -2.29. The third-order valence-corrected chi connectivity index (χ3v) is 4.10. The molecule has 0 fully saturated rings. The van der Waals surface area contributed by atoms with E-state index in [2.05, 4.69) is 46.4 Å². The number of aliphatic imine (C=N–C) groups is 1. The van der Waals surface area contributed by atoms with Gasteiger partial charge in [0.1, 0.15) is 5.82 Å². The fourth-order valence-electron chi connectivity index (χ4n) is 3.13. The zero-order chi connectivity index (χ0) is 11.9. The van der Waals surface area contributed by atoms with Crippen molar-refractivity contribution in [2.45, 2.75) is 32.2 Å². The molecule has 18 heavy (non-hydrogen) atoms. The molecule has 0 saturated heterocycles. The van der Waals surface area contributed by atoms with Crippen molar-refractivity contribution in [2.24, 2.45) is 4.99 Å². The summed E-state index contributed by atoms with van der Waals surface area (Å²) in [5, 5.41) is 0. The van der Waals surface area contributed by atoms with Gasteiger partial charge in [-0.25, -0.2) is 4.99 Å². The topological polar surface area (TPSA) is 15.6 Å². The highest BCUT2D eigenvalue weighted by Gasteiger charge is 2.26. The summed E-state index contributed by atoms with van der Waals surface area (Å²) in [5.74, 6) is 1.12. The van der Waals surface area contributed by atoms with Crippen LogP contribution in [0.5, 0.6) is 0 Å². The first-order chi connectivity index (χ1) is 8.92. The van der Waals surface area contributed by atoms with E-state index in [1.807, 2.05) is 0 Å². The molecule has 2 aliphatic heterocycles. The van der Waals surface area contributed by atoms with Crippen molar-refractivity contribution in [1.82, 2.24) is 4.90 Å². The summed E-state index contributed by atoms with van der Waals surface area (Å²) < 4.78 is 0. The van der Waals surface area contributed by atoms with Gasteiger partial charge in [-0.15, -0.1) is 0 Å². The number of allylic oxidation sites excluding steroid dienone is 2. The Morgan fingerprint density at radius 2 is 1.94 bits per heavy atom. The molecule has 2 nitrogen and oxygen atoms in total. The average molecular weight is 236 g/mol. The maximum atomic E-state index is 4.64. The Bertz CT molecular complexity index is 593. The zero-order valence-corrected chi connectivity index (χ0v) is 10.4. The van der Waals surface area contributed by atoms with Crippen LogP contribution in [0, 0.1) is 0 Å². The Hall–Kier alpha value is -1.83. The summed E-state index contributed by atoms with van der Waals surface area (Å²) >= 11 is 0. The zero-order valence-electron chi connectivity index (χ0n) is 10.4. The van der Waals surface area contributed by atoms with Gasteiger partial charge in [0.15, 0.2) is 0 Å². The van der Waals surface area contributed by atoms with Crippen LogP contribution < -0.4 is 0 Å². The second-order valence-electron chi connectivity index (χ2n) is 5.22. The van der Waals surface area contributed by atoms with E-state index in [1.165, 1.54) is 48.1 Å². The lowest BCUT2D eigenvalue weighted by Gasteiger charge is -2.37. The number of rotatable bonds is 0. The number of benzene rings is 1. The first kappa shape index (κ1) is 10.1. The van der Waals surface area contributed by atoms with Gasteiger partial charge in [-0.1, -0.05) is 24.3 Å². The Balaban J connectivity index is 1.81. The van der Waals surface area contributed by atoms with E-state index in [1.54, 1.807) is 0 Å². The Morgan fingerprint density at radius 1 is 1.06 bits per heavy atom. The molecular formula is C16H16N2. The average Bonchev–Trinajstić information content (AvgIpc) is 2.45. The van der Waals surface area contributed by atoms with Crippen molar-refractivity contribution in [3.8, 4) is 0 Å². The van der Waals surface area contributed by atoms with Crippen molar-refractivity contribution in [3.05, 3.63) is 52.5 Å². The minimum Gasteiger partial charge on any atom is -0.325 e. The monoisotopic (exact) mass is 236 g/mol. The van der Waals surface area contributed by atoms with Crippen molar-refractivity contribution in [2.75, 3.05) is 0 Å². The smallest absolute Gasteiger partial charge is 0.133 e. The second kappa shape index (κ2) is 3.84. The van der Waals surface area contributed by atoms with Gasteiger partial charge in [-0.05, 0) is 48.5 Å². The minimum absolute atomic E-state index is 0.984. The summed E-state index contributed by atoms with van der Waals surface area (Å²) in [6.45, 7) is 0.984. The molecule has 1 aliphatic carbocycles. The molecule has 0 bridgehead atoms. The third-order valence-electron chi connectivity index (χ3n) is 4.10. The third kappa shape index (κ3) is 1.45. The molecule has 4 rings (SSSR count). The number of hydrogen-bond donors (Lipinski definition) is 0. The van der Waals surface area contributed by atoms with Gasteiger partial charge in [0.25, 0.3) is 0 Å². The van der Waals surface area contributed by atoms with Crippen LogP contribution in [0.3, 0.4) is 0 Å². The molecule has 0 N–H and O–H groups in total. The first-order valence-corrected chi connectivity index (χ1v) is 6.75. The van der Waals surface area contributed by atoms with E-state index in [4.69, 9.17) is 0 Å². The highest BCUT2D eigenvalue weighted by atomic mass is 15.2. The first-order valence-electron chi connectivity index (χ1n) is 6.75. The quantitative estimate of drug-likeness (QED) is 0.670. The molecule has 0 atom stereocenters. The normalized spacial score (nSPS) is 21.1. The number of fused-ring (bicyclic) bond motifs is 3. The standard InChI is InChI=1S/C16H16N2/c1-2-7-14-11-18-15-8-4-3-6-13(15)10-17-16(18)9-12(14)5-1/h1-2,5,7,9-10H,3-4,6,8,11H2. The van der Waals surface area contributed by atoms with Crippen LogP contribution in [0.1, 0.15) is 36.8 Å². The van der Waals surface area contributed by atoms with Crippen LogP contribution in [0.25, 0.3) is 6.08 Å². The molecule has 0 aromatic heterocycles. The summed E-state index contributed by atoms with van der Waals surface area (Å²) in [4.78, 5) is 7.05. The molecule has 1 aromatic carbocycles. The molecular weight excluding hydrogens is 220 g/mol. The van der Waals surface area contributed by atoms with Gasteiger partial charge >= 0.3 is 0 Å². The summed E-state index contributed by atoms with van der Waals surface area (Å²) in [7, 11) is 0. The van der Waals surface area contributed by atoms with Crippen molar-refractivity contribution >= 4 is 12.3 Å². The Morgan fingerprint density at radius 3 is 2.94 bits per heavy atom. The van der Waals surface area contributed by atoms with Gasteiger partial charge in [0, 0.05) is 18.5 Å². The lowest BCUT2D eigenvalue weighted by molar-refractivity contribution is 0.375. The molecule has 0 spiro atoms. The van der Waals surface area contributed by atoms with E-state index >= 15 is 0 Å². The SMILES string of the molecule is C1=NC2=Cc3ccccc3CN2C2=C1CCCC2. The number of nitrogens with zero attached hydrogens (tertiary/aromatic N) is 2. The van der Waals surface area contributed by atoms with Crippen LogP contribution in [-0.2, 0) is 6.54 Å². The van der Waals surface area contributed by atoms with Crippen molar-refractivity contribution < 1.29 is 0 Å². The van der Waals surface area contributed by atoms with Gasteiger partial charge in [0.2, 0.25) is 0 Å². The maximum Gasteiger partial charge on any atom is 0.133 e. The molecule has 1 aromatic rings.